The van der Waals surface area contributed by atoms with Crippen molar-refractivity contribution >= 4 is 28.8 Å². The smallest absolute Gasteiger partial charge is 0.251 e. The van der Waals surface area contributed by atoms with Crippen molar-refractivity contribution < 1.29 is 0 Å². The van der Waals surface area contributed by atoms with Crippen molar-refractivity contribution in [3.05, 3.63) is 60.3 Å². The molecule has 0 amide bonds. The van der Waals surface area contributed by atoms with E-state index in [0.29, 0.717) is 11.8 Å². The molecule has 4 rings (SSSR count). The molecule has 144 valence electrons. The highest BCUT2D eigenvalue weighted by Crippen LogP contribution is 2.31. The lowest BCUT2D eigenvalue weighted by Gasteiger charge is -2.29. The van der Waals surface area contributed by atoms with E-state index in [1.165, 1.54) is 16.9 Å². The van der Waals surface area contributed by atoms with E-state index < -0.39 is 0 Å². The number of anilines is 5. The van der Waals surface area contributed by atoms with Crippen LogP contribution in [0, 0.1) is 0 Å². The summed E-state index contributed by atoms with van der Waals surface area (Å²) in [6.45, 7) is 7.24. The summed E-state index contributed by atoms with van der Waals surface area (Å²) >= 11 is 0. The third-order valence-corrected chi connectivity index (χ3v) is 5.17. The lowest BCUT2D eigenvalue weighted by atomic mass is 10.0. The number of aryl methyl sites for hydroxylation is 1. The molecule has 3 aromatic rings. The van der Waals surface area contributed by atoms with E-state index in [1.807, 2.05) is 0 Å². The first-order valence-corrected chi connectivity index (χ1v) is 9.95. The van der Waals surface area contributed by atoms with Crippen LogP contribution in [0.2, 0.25) is 0 Å². The normalized spacial score (nSPS) is 13.1. The molecule has 28 heavy (non-hydrogen) atoms. The summed E-state index contributed by atoms with van der Waals surface area (Å²) in [6, 6.07) is 16.9. The number of fused-ring (bicyclic) bond motifs is 1. The average molecular weight is 374 g/mol. The SMILES string of the molecule is CCN(CC)c1ccc(Nc2cnnc(N3CCCc4ccccc43)n2)cc1. The topological polar surface area (TPSA) is 57.2 Å². The summed E-state index contributed by atoms with van der Waals surface area (Å²) in [6.07, 6.45) is 3.85. The number of nitrogens with one attached hydrogen (secondary N) is 1. The molecule has 1 aliphatic rings. The quantitative estimate of drug-likeness (QED) is 0.683. The van der Waals surface area contributed by atoms with Gasteiger partial charge in [-0.15, -0.1) is 5.10 Å². The van der Waals surface area contributed by atoms with E-state index >= 15 is 0 Å². The van der Waals surface area contributed by atoms with Gasteiger partial charge in [0.15, 0.2) is 5.82 Å². The first-order valence-electron chi connectivity index (χ1n) is 9.95. The third-order valence-electron chi connectivity index (χ3n) is 5.17. The third kappa shape index (κ3) is 3.76. The minimum absolute atomic E-state index is 0.636. The van der Waals surface area contributed by atoms with E-state index in [9.17, 15) is 0 Å². The molecule has 2 heterocycles. The van der Waals surface area contributed by atoms with E-state index in [0.717, 1.165) is 38.2 Å². The van der Waals surface area contributed by atoms with E-state index in [-0.39, 0.29) is 0 Å². The molecule has 2 aromatic carbocycles. The van der Waals surface area contributed by atoms with Crippen LogP contribution in [0.3, 0.4) is 0 Å². The Morgan fingerprint density at radius 3 is 2.61 bits per heavy atom. The molecule has 0 fully saturated rings. The van der Waals surface area contributed by atoms with Gasteiger partial charge in [-0.1, -0.05) is 18.2 Å². The fourth-order valence-corrected chi connectivity index (χ4v) is 3.70. The van der Waals surface area contributed by atoms with Gasteiger partial charge in [-0.25, -0.2) is 0 Å². The Morgan fingerprint density at radius 2 is 1.82 bits per heavy atom. The lowest BCUT2D eigenvalue weighted by molar-refractivity contribution is 0.742. The van der Waals surface area contributed by atoms with Crippen LogP contribution >= 0.6 is 0 Å². The van der Waals surface area contributed by atoms with Crippen molar-refractivity contribution in [3.63, 3.8) is 0 Å². The highest BCUT2D eigenvalue weighted by atomic mass is 15.3. The van der Waals surface area contributed by atoms with Crippen molar-refractivity contribution in [1.82, 2.24) is 15.2 Å². The molecule has 0 aliphatic carbocycles. The van der Waals surface area contributed by atoms with Crippen LogP contribution in [-0.4, -0.2) is 34.8 Å². The lowest BCUT2D eigenvalue weighted by Crippen LogP contribution is -2.26. The molecule has 0 spiro atoms. The van der Waals surface area contributed by atoms with Gasteiger partial charge in [0.1, 0.15) is 0 Å². The zero-order valence-corrected chi connectivity index (χ0v) is 16.5. The van der Waals surface area contributed by atoms with Crippen LogP contribution in [0.4, 0.5) is 28.8 Å². The Labute approximate surface area is 166 Å². The molecule has 6 heteroatoms. The van der Waals surface area contributed by atoms with Crippen molar-refractivity contribution in [2.24, 2.45) is 0 Å². The van der Waals surface area contributed by atoms with Crippen molar-refractivity contribution in [2.75, 3.05) is 34.8 Å². The fraction of sp³-hybridized carbons (Fsp3) is 0.318. The Kier molecular flexibility index (Phi) is 5.37. The molecular weight excluding hydrogens is 348 g/mol. The van der Waals surface area contributed by atoms with Crippen LogP contribution in [0.1, 0.15) is 25.8 Å². The second-order valence-electron chi connectivity index (χ2n) is 6.87. The van der Waals surface area contributed by atoms with Gasteiger partial charge in [-0.3, -0.25) is 0 Å². The molecular formula is C22H26N6. The van der Waals surface area contributed by atoms with Crippen molar-refractivity contribution in [1.29, 1.82) is 0 Å². The maximum absolute atomic E-state index is 4.71. The highest BCUT2D eigenvalue weighted by Gasteiger charge is 2.20. The minimum atomic E-state index is 0.636. The van der Waals surface area contributed by atoms with Gasteiger partial charge in [0, 0.05) is 36.7 Å². The number of nitrogens with zero attached hydrogens (tertiary/aromatic N) is 5. The number of benzene rings is 2. The molecule has 1 N–H and O–H groups in total. The number of hydrogen-bond acceptors (Lipinski definition) is 6. The molecule has 0 atom stereocenters. The summed E-state index contributed by atoms with van der Waals surface area (Å²) in [4.78, 5) is 9.19. The second kappa shape index (κ2) is 8.25. The largest absolute Gasteiger partial charge is 0.372 e. The van der Waals surface area contributed by atoms with Gasteiger partial charge >= 0.3 is 0 Å². The molecule has 0 saturated heterocycles. The number of hydrogen-bond donors (Lipinski definition) is 1. The Hall–Kier alpha value is -3.15. The van der Waals surface area contributed by atoms with Crippen molar-refractivity contribution in [2.45, 2.75) is 26.7 Å². The van der Waals surface area contributed by atoms with E-state index in [4.69, 9.17) is 4.98 Å². The minimum Gasteiger partial charge on any atom is -0.372 e. The fourth-order valence-electron chi connectivity index (χ4n) is 3.70. The molecule has 0 unspecified atom stereocenters. The second-order valence-corrected chi connectivity index (χ2v) is 6.87. The zero-order chi connectivity index (χ0) is 19.3. The maximum Gasteiger partial charge on any atom is 0.251 e. The molecule has 0 bridgehead atoms. The number of para-hydroxylation sites is 1. The van der Waals surface area contributed by atoms with Crippen LogP contribution in [0.15, 0.2) is 54.7 Å². The Bertz CT molecular complexity index is 920. The Morgan fingerprint density at radius 1 is 1.04 bits per heavy atom. The average Bonchev–Trinajstić information content (AvgIpc) is 2.75. The predicted octanol–water partition coefficient (Wildman–Crippen LogP) is 4.55. The summed E-state index contributed by atoms with van der Waals surface area (Å²) in [5, 5.41) is 11.8. The zero-order valence-electron chi connectivity index (χ0n) is 16.5. The van der Waals surface area contributed by atoms with Gasteiger partial charge in [0.05, 0.1) is 6.20 Å². The van der Waals surface area contributed by atoms with Gasteiger partial charge < -0.3 is 15.1 Å². The van der Waals surface area contributed by atoms with Gasteiger partial charge in [-0.2, -0.15) is 10.1 Å². The molecule has 0 radical (unpaired) electrons. The summed E-state index contributed by atoms with van der Waals surface area (Å²) in [5.74, 6) is 1.33. The summed E-state index contributed by atoms with van der Waals surface area (Å²) in [7, 11) is 0. The maximum atomic E-state index is 4.71. The first-order chi connectivity index (χ1) is 13.8. The van der Waals surface area contributed by atoms with Gasteiger partial charge in [0.2, 0.25) is 0 Å². The van der Waals surface area contributed by atoms with E-state index in [1.54, 1.807) is 6.20 Å². The standard InChI is InChI=1S/C22H26N6/c1-3-27(4-2)19-13-11-18(12-14-19)24-21-16-23-26-22(25-21)28-15-7-9-17-8-5-6-10-20(17)28/h5-6,8,10-14,16H,3-4,7,9,15H2,1-2H3,(H,24,25,26). The van der Waals surface area contributed by atoms with Crippen LogP contribution in [0.25, 0.3) is 0 Å². The summed E-state index contributed by atoms with van der Waals surface area (Å²) in [5.41, 5.74) is 4.72. The first kappa shape index (κ1) is 18.2. The van der Waals surface area contributed by atoms with E-state index in [2.05, 4.69) is 87.7 Å². The Balaban J connectivity index is 1.54. The van der Waals surface area contributed by atoms with Crippen LogP contribution in [-0.2, 0) is 6.42 Å². The van der Waals surface area contributed by atoms with Crippen LogP contribution in [0.5, 0.6) is 0 Å². The highest BCUT2D eigenvalue weighted by molar-refractivity contribution is 5.65. The molecule has 0 saturated carbocycles. The predicted molar refractivity (Wildman–Crippen MR) is 115 cm³/mol. The molecule has 6 nitrogen and oxygen atoms in total. The van der Waals surface area contributed by atoms with Gasteiger partial charge in [0.25, 0.3) is 5.95 Å². The summed E-state index contributed by atoms with van der Waals surface area (Å²) < 4.78 is 0. The molecule has 1 aliphatic heterocycles. The monoisotopic (exact) mass is 374 g/mol. The van der Waals surface area contributed by atoms with Crippen LogP contribution < -0.4 is 15.1 Å². The van der Waals surface area contributed by atoms with Crippen molar-refractivity contribution in [3.8, 4) is 0 Å². The number of rotatable bonds is 6. The molecule has 1 aromatic heterocycles. The van der Waals surface area contributed by atoms with Gasteiger partial charge in [-0.05, 0) is 62.6 Å². The number of aromatic nitrogens is 3.